The molecule has 0 saturated heterocycles. The Labute approximate surface area is 115 Å². The van der Waals surface area contributed by atoms with Gasteiger partial charge in [0.15, 0.2) is 0 Å². The van der Waals surface area contributed by atoms with E-state index in [2.05, 4.69) is 0 Å². The molecule has 94 valence electrons. The van der Waals surface area contributed by atoms with Crippen LogP contribution in [0.15, 0.2) is 35.7 Å². The van der Waals surface area contributed by atoms with Gasteiger partial charge in [0.25, 0.3) is 5.91 Å². The molecule has 0 atom stereocenters. The van der Waals surface area contributed by atoms with Crippen molar-refractivity contribution >= 4 is 40.2 Å². The molecule has 0 aliphatic rings. The van der Waals surface area contributed by atoms with Gasteiger partial charge in [-0.2, -0.15) is 0 Å². The van der Waals surface area contributed by atoms with E-state index in [0.29, 0.717) is 22.1 Å². The van der Waals surface area contributed by atoms with E-state index in [-0.39, 0.29) is 5.91 Å². The minimum absolute atomic E-state index is 0.115. The van der Waals surface area contributed by atoms with Gasteiger partial charge in [-0.1, -0.05) is 23.7 Å². The lowest BCUT2D eigenvalue weighted by molar-refractivity contribution is 0.0992. The first kappa shape index (κ1) is 12.9. The number of thiophene rings is 1. The van der Waals surface area contributed by atoms with E-state index >= 15 is 0 Å². The Bertz CT molecular complexity index is 568. The van der Waals surface area contributed by atoms with Crippen molar-refractivity contribution in [3.63, 3.8) is 0 Å². The number of hydrogen-bond acceptors (Lipinski definition) is 3. The average Bonchev–Trinajstić information content (AvgIpc) is 2.78. The number of hydrogen-bond donors (Lipinski definition) is 1. The van der Waals surface area contributed by atoms with Crippen LogP contribution in [0.4, 0.5) is 11.4 Å². The molecule has 1 heterocycles. The third kappa shape index (κ3) is 2.35. The zero-order valence-corrected chi connectivity index (χ0v) is 11.5. The van der Waals surface area contributed by atoms with Gasteiger partial charge in [-0.3, -0.25) is 4.79 Å². The summed E-state index contributed by atoms with van der Waals surface area (Å²) < 4.78 is 0. The number of benzene rings is 1. The first-order chi connectivity index (χ1) is 8.65. The molecule has 0 aliphatic carbocycles. The van der Waals surface area contributed by atoms with E-state index < -0.39 is 0 Å². The molecule has 5 heteroatoms. The molecular weight excluding hydrogens is 268 g/mol. The fourth-order valence-electron chi connectivity index (χ4n) is 1.73. The van der Waals surface area contributed by atoms with E-state index in [1.54, 1.807) is 22.4 Å². The first-order valence-electron chi connectivity index (χ1n) is 5.54. The second-order valence-electron chi connectivity index (χ2n) is 3.71. The molecule has 0 aliphatic heterocycles. The van der Waals surface area contributed by atoms with Crippen LogP contribution < -0.4 is 10.6 Å². The van der Waals surface area contributed by atoms with Crippen LogP contribution >= 0.6 is 22.9 Å². The second kappa shape index (κ2) is 5.42. The lowest BCUT2D eigenvalue weighted by Gasteiger charge is -2.22. The third-order valence-electron chi connectivity index (χ3n) is 2.60. The summed E-state index contributed by atoms with van der Waals surface area (Å²) in [5.41, 5.74) is 7.20. The molecule has 3 nitrogen and oxygen atoms in total. The van der Waals surface area contributed by atoms with Crippen LogP contribution in [0.1, 0.15) is 16.6 Å². The summed E-state index contributed by atoms with van der Waals surface area (Å²) in [6.07, 6.45) is 0. The number of nitrogen functional groups attached to an aromatic ring is 1. The summed E-state index contributed by atoms with van der Waals surface area (Å²) in [5, 5.41) is 2.29. The van der Waals surface area contributed by atoms with Crippen LogP contribution in [0, 0.1) is 0 Å². The Morgan fingerprint density at radius 3 is 2.67 bits per heavy atom. The number of halogens is 1. The molecule has 18 heavy (non-hydrogen) atoms. The Morgan fingerprint density at radius 2 is 2.11 bits per heavy atom. The summed E-state index contributed by atoms with van der Waals surface area (Å²) in [6.45, 7) is 2.45. The maximum Gasteiger partial charge on any atom is 0.269 e. The summed E-state index contributed by atoms with van der Waals surface area (Å²) in [4.78, 5) is 14.6. The number of carbonyl (C=O) groups excluding carboxylic acids is 1. The molecule has 2 rings (SSSR count). The van der Waals surface area contributed by atoms with Gasteiger partial charge in [0, 0.05) is 6.54 Å². The van der Waals surface area contributed by atoms with Crippen molar-refractivity contribution in [1.29, 1.82) is 0 Å². The highest BCUT2D eigenvalue weighted by Gasteiger charge is 2.21. The summed E-state index contributed by atoms with van der Waals surface area (Å²) >= 11 is 7.33. The number of para-hydroxylation sites is 2. The third-order valence-corrected chi connectivity index (χ3v) is 3.93. The van der Waals surface area contributed by atoms with Crippen LogP contribution in [0.3, 0.4) is 0 Å². The highest BCUT2D eigenvalue weighted by molar-refractivity contribution is 7.12. The SMILES string of the molecule is CCN(C(=O)c1sccc1Cl)c1ccccc1N. The quantitative estimate of drug-likeness (QED) is 0.873. The highest BCUT2D eigenvalue weighted by atomic mass is 35.5. The van der Waals surface area contributed by atoms with Gasteiger partial charge in [0.2, 0.25) is 0 Å². The van der Waals surface area contributed by atoms with Crippen LogP contribution in [0.25, 0.3) is 0 Å². The highest BCUT2D eigenvalue weighted by Crippen LogP contribution is 2.28. The van der Waals surface area contributed by atoms with Crippen LogP contribution in [-0.4, -0.2) is 12.5 Å². The maximum absolute atomic E-state index is 12.4. The molecule has 0 fully saturated rings. The van der Waals surface area contributed by atoms with Crippen molar-refractivity contribution in [3.05, 3.63) is 45.6 Å². The lowest BCUT2D eigenvalue weighted by atomic mass is 10.2. The largest absolute Gasteiger partial charge is 0.397 e. The monoisotopic (exact) mass is 280 g/mol. The van der Waals surface area contributed by atoms with Crippen molar-refractivity contribution in [3.8, 4) is 0 Å². The van der Waals surface area contributed by atoms with E-state index in [1.807, 2.05) is 25.1 Å². The normalized spacial score (nSPS) is 10.3. The number of amides is 1. The molecule has 0 spiro atoms. The van der Waals surface area contributed by atoms with E-state index in [4.69, 9.17) is 17.3 Å². The smallest absolute Gasteiger partial charge is 0.269 e. The zero-order valence-electron chi connectivity index (χ0n) is 9.89. The molecular formula is C13H13ClN2OS. The minimum Gasteiger partial charge on any atom is -0.397 e. The van der Waals surface area contributed by atoms with Crippen molar-refractivity contribution < 1.29 is 4.79 Å². The second-order valence-corrected chi connectivity index (χ2v) is 5.03. The average molecular weight is 281 g/mol. The summed E-state index contributed by atoms with van der Waals surface area (Å²) in [7, 11) is 0. The van der Waals surface area contributed by atoms with E-state index in [9.17, 15) is 4.79 Å². The molecule has 2 N–H and O–H groups in total. The van der Waals surface area contributed by atoms with Gasteiger partial charge in [0.05, 0.1) is 16.4 Å². The van der Waals surface area contributed by atoms with Gasteiger partial charge >= 0.3 is 0 Å². The Morgan fingerprint density at radius 1 is 1.39 bits per heavy atom. The van der Waals surface area contributed by atoms with E-state index in [0.717, 1.165) is 5.69 Å². The minimum atomic E-state index is -0.115. The van der Waals surface area contributed by atoms with Gasteiger partial charge in [0.1, 0.15) is 4.88 Å². The Hall–Kier alpha value is -1.52. The fourth-order valence-corrected chi connectivity index (χ4v) is 2.81. The van der Waals surface area contributed by atoms with Crippen molar-refractivity contribution in [2.24, 2.45) is 0 Å². The topological polar surface area (TPSA) is 46.3 Å². The number of carbonyl (C=O) groups is 1. The van der Waals surface area contributed by atoms with Crippen LogP contribution in [0.2, 0.25) is 5.02 Å². The molecule has 1 aromatic carbocycles. The van der Waals surface area contributed by atoms with Gasteiger partial charge in [-0.25, -0.2) is 0 Å². The van der Waals surface area contributed by atoms with Crippen molar-refractivity contribution in [2.75, 3.05) is 17.2 Å². The van der Waals surface area contributed by atoms with Gasteiger partial charge < -0.3 is 10.6 Å². The standard InChI is InChI=1S/C13H13ClN2OS/c1-2-16(11-6-4-3-5-10(11)15)13(17)12-9(14)7-8-18-12/h3-8H,2,15H2,1H3. The fraction of sp³-hybridized carbons (Fsp3) is 0.154. The predicted octanol–water partition coefficient (Wildman–Crippen LogP) is 3.65. The number of anilines is 2. The van der Waals surface area contributed by atoms with Crippen molar-refractivity contribution in [1.82, 2.24) is 0 Å². The molecule has 0 saturated carbocycles. The molecule has 1 aromatic heterocycles. The lowest BCUT2D eigenvalue weighted by Crippen LogP contribution is -2.30. The molecule has 2 aromatic rings. The molecule has 0 radical (unpaired) electrons. The summed E-state index contributed by atoms with van der Waals surface area (Å²) in [6, 6.07) is 9.04. The molecule has 0 bridgehead atoms. The van der Waals surface area contributed by atoms with Crippen LogP contribution in [0.5, 0.6) is 0 Å². The molecule has 0 unspecified atom stereocenters. The van der Waals surface area contributed by atoms with Crippen molar-refractivity contribution in [2.45, 2.75) is 6.92 Å². The van der Waals surface area contributed by atoms with Gasteiger partial charge in [-0.05, 0) is 30.5 Å². The number of nitrogens with zero attached hydrogens (tertiary/aromatic N) is 1. The first-order valence-corrected chi connectivity index (χ1v) is 6.80. The maximum atomic E-state index is 12.4. The van der Waals surface area contributed by atoms with Crippen LogP contribution in [-0.2, 0) is 0 Å². The zero-order chi connectivity index (χ0) is 13.1. The van der Waals surface area contributed by atoms with Gasteiger partial charge in [-0.15, -0.1) is 11.3 Å². The molecule has 1 amide bonds. The number of rotatable bonds is 3. The van der Waals surface area contributed by atoms with E-state index in [1.165, 1.54) is 11.3 Å². The Kier molecular flexibility index (Phi) is 3.89. The predicted molar refractivity (Wildman–Crippen MR) is 77.5 cm³/mol. The summed E-state index contributed by atoms with van der Waals surface area (Å²) in [5.74, 6) is -0.115. The Balaban J connectivity index is 2.39. The number of nitrogens with two attached hydrogens (primary N) is 1.